The fourth-order valence-electron chi connectivity index (χ4n) is 2.06. The number of benzene rings is 1. The van der Waals surface area contributed by atoms with Crippen molar-refractivity contribution < 1.29 is 23.9 Å². The molecule has 1 aromatic carbocycles. The smallest absolute Gasteiger partial charge is 0.303 e. The first-order valence-electron chi connectivity index (χ1n) is 8.16. The van der Waals surface area contributed by atoms with Crippen molar-refractivity contribution in [2.75, 3.05) is 6.54 Å². The minimum atomic E-state index is -0.958. The molecule has 0 aliphatic heterocycles. The van der Waals surface area contributed by atoms with E-state index in [0.29, 0.717) is 17.0 Å². The molecule has 8 heteroatoms. The van der Waals surface area contributed by atoms with Crippen LogP contribution in [0.1, 0.15) is 24.2 Å². The van der Waals surface area contributed by atoms with Crippen LogP contribution < -0.4 is 10.7 Å². The molecule has 2 rings (SSSR count). The number of hydrogen-bond acceptors (Lipinski definition) is 5. The molecule has 0 bridgehead atoms. The Kier molecular flexibility index (Phi) is 7.52. The number of carboxylic acids is 1. The zero-order chi connectivity index (χ0) is 19.5. The fraction of sp³-hybridized carbons (Fsp3) is 0.158. The number of nitrogens with zero attached hydrogens (tertiary/aromatic N) is 1. The van der Waals surface area contributed by atoms with Crippen molar-refractivity contribution >= 4 is 29.6 Å². The molecule has 27 heavy (non-hydrogen) atoms. The molecular formula is C19H19N3O5. The van der Waals surface area contributed by atoms with E-state index < -0.39 is 17.8 Å². The first-order valence-corrected chi connectivity index (χ1v) is 8.16. The van der Waals surface area contributed by atoms with E-state index in [1.54, 1.807) is 36.4 Å². The van der Waals surface area contributed by atoms with Gasteiger partial charge in [-0.3, -0.25) is 14.4 Å². The molecular weight excluding hydrogens is 350 g/mol. The van der Waals surface area contributed by atoms with Gasteiger partial charge in [0.05, 0.1) is 24.9 Å². The Balaban J connectivity index is 1.87. The third-order valence-electron chi connectivity index (χ3n) is 3.36. The number of nitrogens with one attached hydrogen (secondary N) is 2. The van der Waals surface area contributed by atoms with Gasteiger partial charge in [0.2, 0.25) is 5.91 Å². The van der Waals surface area contributed by atoms with Gasteiger partial charge in [-0.15, -0.1) is 0 Å². The second-order valence-electron chi connectivity index (χ2n) is 5.42. The molecule has 8 nitrogen and oxygen atoms in total. The normalized spacial score (nSPS) is 11.3. The Hall–Kier alpha value is -3.68. The van der Waals surface area contributed by atoms with Gasteiger partial charge >= 0.3 is 5.97 Å². The van der Waals surface area contributed by atoms with Gasteiger partial charge in [-0.05, 0) is 23.8 Å². The molecule has 3 N–H and O–H groups in total. The van der Waals surface area contributed by atoms with Crippen LogP contribution in [0.3, 0.4) is 0 Å². The van der Waals surface area contributed by atoms with Crippen LogP contribution in [0.4, 0.5) is 0 Å². The zero-order valence-corrected chi connectivity index (χ0v) is 14.4. The van der Waals surface area contributed by atoms with E-state index in [4.69, 9.17) is 9.52 Å². The minimum Gasteiger partial charge on any atom is -0.481 e. The van der Waals surface area contributed by atoms with Gasteiger partial charge in [0.15, 0.2) is 0 Å². The highest BCUT2D eigenvalue weighted by atomic mass is 16.4. The number of carbonyl (C=O) groups excluding carboxylic acids is 2. The summed E-state index contributed by atoms with van der Waals surface area (Å²) in [6.45, 7) is -0.272. The minimum absolute atomic E-state index is 0.113. The van der Waals surface area contributed by atoms with E-state index >= 15 is 0 Å². The largest absolute Gasteiger partial charge is 0.481 e. The predicted molar refractivity (Wildman–Crippen MR) is 98.7 cm³/mol. The molecule has 0 saturated heterocycles. The molecule has 0 aliphatic rings. The molecule has 0 unspecified atom stereocenters. The average Bonchev–Trinajstić information content (AvgIpc) is 3.19. The summed E-state index contributed by atoms with van der Waals surface area (Å²) in [7, 11) is 0. The molecule has 0 atom stereocenters. The lowest BCUT2D eigenvalue weighted by Crippen LogP contribution is -2.34. The SMILES string of the molecule is O=C(O)CC/C(=N/NC(=O)CNC(=O)/C=C/c1ccco1)c1ccccc1. The van der Waals surface area contributed by atoms with Crippen LogP contribution in [-0.4, -0.2) is 35.1 Å². The van der Waals surface area contributed by atoms with E-state index in [9.17, 15) is 14.4 Å². The van der Waals surface area contributed by atoms with Gasteiger partial charge in [-0.25, -0.2) is 5.43 Å². The van der Waals surface area contributed by atoms with E-state index in [1.807, 2.05) is 6.07 Å². The Labute approximate surface area is 155 Å². The van der Waals surface area contributed by atoms with Crippen molar-refractivity contribution in [3.05, 3.63) is 66.1 Å². The fourth-order valence-corrected chi connectivity index (χ4v) is 2.06. The number of hydrogen-bond donors (Lipinski definition) is 3. The van der Waals surface area contributed by atoms with Crippen molar-refractivity contribution in [3.63, 3.8) is 0 Å². The van der Waals surface area contributed by atoms with Gasteiger partial charge in [0, 0.05) is 12.5 Å². The van der Waals surface area contributed by atoms with Crippen molar-refractivity contribution in [1.29, 1.82) is 0 Å². The van der Waals surface area contributed by atoms with Gasteiger partial charge in [-0.2, -0.15) is 5.10 Å². The highest BCUT2D eigenvalue weighted by molar-refractivity contribution is 6.02. The molecule has 0 fully saturated rings. The summed E-state index contributed by atoms with van der Waals surface area (Å²) in [5, 5.41) is 15.3. The van der Waals surface area contributed by atoms with Gasteiger partial charge in [0.1, 0.15) is 5.76 Å². The van der Waals surface area contributed by atoms with Crippen molar-refractivity contribution in [2.45, 2.75) is 12.8 Å². The second kappa shape index (κ2) is 10.3. The van der Waals surface area contributed by atoms with E-state index in [2.05, 4.69) is 15.8 Å². The zero-order valence-electron chi connectivity index (χ0n) is 14.4. The van der Waals surface area contributed by atoms with E-state index in [0.717, 1.165) is 0 Å². The van der Waals surface area contributed by atoms with Gasteiger partial charge in [-0.1, -0.05) is 30.3 Å². The molecule has 1 aromatic heterocycles. The van der Waals surface area contributed by atoms with Crippen LogP contribution in [0, 0.1) is 0 Å². The Morgan fingerprint density at radius 1 is 1.07 bits per heavy atom. The van der Waals surface area contributed by atoms with Crippen molar-refractivity contribution in [2.24, 2.45) is 5.10 Å². The lowest BCUT2D eigenvalue weighted by atomic mass is 10.1. The van der Waals surface area contributed by atoms with Gasteiger partial charge in [0.25, 0.3) is 5.91 Å². The number of carboxylic acid groups (broad SMARTS) is 1. The average molecular weight is 369 g/mol. The molecule has 0 aliphatic carbocycles. The first-order chi connectivity index (χ1) is 13.0. The number of hydrazone groups is 1. The highest BCUT2D eigenvalue weighted by Gasteiger charge is 2.08. The molecule has 0 radical (unpaired) electrons. The molecule has 1 heterocycles. The third-order valence-corrected chi connectivity index (χ3v) is 3.36. The lowest BCUT2D eigenvalue weighted by Gasteiger charge is -2.07. The highest BCUT2D eigenvalue weighted by Crippen LogP contribution is 2.06. The predicted octanol–water partition coefficient (Wildman–Crippen LogP) is 1.79. The van der Waals surface area contributed by atoms with Gasteiger partial charge < -0.3 is 14.8 Å². The number of aliphatic carboxylic acids is 1. The van der Waals surface area contributed by atoms with Crippen molar-refractivity contribution in [1.82, 2.24) is 10.7 Å². The monoisotopic (exact) mass is 369 g/mol. The third kappa shape index (κ3) is 7.39. The standard InChI is InChI=1S/C19H19N3O5/c23-17(10-8-15-7-4-12-27-15)20-13-18(24)22-21-16(9-11-19(25)26)14-5-2-1-3-6-14/h1-8,10,12H,9,11,13H2,(H,20,23)(H,22,24)(H,25,26)/b10-8+,21-16-. The molecule has 140 valence electrons. The topological polar surface area (TPSA) is 121 Å². The summed E-state index contributed by atoms with van der Waals surface area (Å²) in [5.74, 6) is -1.43. The van der Waals surface area contributed by atoms with Crippen LogP contribution in [-0.2, 0) is 14.4 Å². The lowest BCUT2D eigenvalue weighted by molar-refractivity contribution is -0.136. The maximum atomic E-state index is 11.9. The maximum Gasteiger partial charge on any atom is 0.303 e. The number of amides is 2. The summed E-state index contributed by atoms with van der Waals surface area (Å²) >= 11 is 0. The Morgan fingerprint density at radius 3 is 2.52 bits per heavy atom. The molecule has 0 spiro atoms. The van der Waals surface area contributed by atoms with Crippen LogP contribution in [0.2, 0.25) is 0 Å². The second-order valence-corrected chi connectivity index (χ2v) is 5.42. The molecule has 0 saturated carbocycles. The summed E-state index contributed by atoms with van der Waals surface area (Å²) in [5.41, 5.74) is 3.48. The summed E-state index contributed by atoms with van der Waals surface area (Å²) in [6, 6.07) is 12.3. The van der Waals surface area contributed by atoms with Crippen molar-refractivity contribution in [3.8, 4) is 0 Å². The van der Waals surface area contributed by atoms with Crippen LogP contribution in [0.5, 0.6) is 0 Å². The quantitative estimate of drug-likeness (QED) is 0.353. The van der Waals surface area contributed by atoms with E-state index in [-0.39, 0.29) is 19.4 Å². The van der Waals surface area contributed by atoms with Crippen LogP contribution in [0.25, 0.3) is 6.08 Å². The van der Waals surface area contributed by atoms with Crippen LogP contribution >= 0.6 is 0 Å². The molecule has 2 aromatic rings. The summed E-state index contributed by atoms with van der Waals surface area (Å²) < 4.78 is 5.05. The maximum absolute atomic E-state index is 11.9. The van der Waals surface area contributed by atoms with Crippen LogP contribution in [0.15, 0.2) is 64.3 Å². The Morgan fingerprint density at radius 2 is 1.85 bits per heavy atom. The summed E-state index contributed by atoms with van der Waals surface area (Å²) in [4.78, 5) is 34.3. The molecule has 2 amide bonds. The number of furan rings is 1. The number of rotatable bonds is 9. The first kappa shape index (κ1) is 19.6. The Bertz CT molecular complexity index is 826. The van der Waals surface area contributed by atoms with E-state index in [1.165, 1.54) is 18.4 Å². The summed E-state index contributed by atoms with van der Waals surface area (Å²) in [6.07, 6.45) is 4.26. The number of carbonyl (C=O) groups is 3.